The summed E-state index contributed by atoms with van der Waals surface area (Å²) in [6.07, 6.45) is 1.39. The van der Waals surface area contributed by atoms with Crippen molar-refractivity contribution in [2.45, 2.75) is 67.5 Å². The van der Waals surface area contributed by atoms with E-state index >= 15 is 0 Å². The molecule has 1 spiro atoms. The van der Waals surface area contributed by atoms with Gasteiger partial charge in [-0.2, -0.15) is 13.2 Å². The van der Waals surface area contributed by atoms with Gasteiger partial charge in [-0.1, -0.05) is 48.5 Å². The highest BCUT2D eigenvalue weighted by Crippen LogP contribution is 2.66. The number of aliphatic hydroxyl groups is 1. The fourth-order valence-electron chi connectivity index (χ4n) is 8.57. The highest BCUT2D eigenvalue weighted by atomic mass is 19.4. The number of piperidine rings is 1. The molecular formula is C36H37F3N2O4. The quantitative estimate of drug-likeness (QED) is 0.347. The van der Waals surface area contributed by atoms with E-state index in [0.29, 0.717) is 42.7 Å². The zero-order valence-corrected chi connectivity index (χ0v) is 25.4. The number of likely N-dealkylation sites (N-methyl/N-ethyl adjacent to an activating group) is 1. The molecule has 236 valence electrons. The monoisotopic (exact) mass is 618 g/mol. The van der Waals surface area contributed by atoms with Crippen LogP contribution >= 0.6 is 0 Å². The van der Waals surface area contributed by atoms with E-state index in [1.807, 2.05) is 12.1 Å². The molecular weight excluding hydrogens is 581 g/mol. The standard InChI is InChI=1S/C36H37F3N2O4/c1-40(30(42)15-10-24-8-12-26(13-9-24)36(37,38)39)27-16-18-35(43)29-22-25-11-14-28(44-2)32-31(25)34(35,33(27)45-32)19-21-41(29)20-17-23-6-4-3-5-7-23/h3-15,27,29,33,43H,16-22H2,1-2H3/t27-,29+,33-,34-,35+/m0/s1. The first-order valence-corrected chi connectivity index (χ1v) is 15.6. The number of rotatable bonds is 7. The largest absolute Gasteiger partial charge is 0.493 e. The average molecular weight is 619 g/mol. The minimum atomic E-state index is -4.42. The third-order valence-electron chi connectivity index (χ3n) is 10.8. The van der Waals surface area contributed by atoms with Crippen LogP contribution in [0.3, 0.4) is 0 Å². The second-order valence-electron chi connectivity index (χ2n) is 12.8. The third kappa shape index (κ3) is 4.65. The molecule has 9 heteroatoms. The maximum absolute atomic E-state index is 13.5. The summed E-state index contributed by atoms with van der Waals surface area (Å²) >= 11 is 0. The number of likely N-dealkylation sites (tertiary alicyclic amines) is 1. The molecule has 7 rings (SSSR count). The lowest BCUT2D eigenvalue weighted by Crippen LogP contribution is -2.78. The van der Waals surface area contributed by atoms with Crippen molar-refractivity contribution >= 4 is 12.0 Å². The number of ether oxygens (including phenoxy) is 2. The van der Waals surface area contributed by atoms with Crippen molar-refractivity contribution in [3.8, 4) is 11.5 Å². The normalized spacial score (nSPS) is 28.4. The van der Waals surface area contributed by atoms with Gasteiger partial charge in [0.05, 0.1) is 29.7 Å². The van der Waals surface area contributed by atoms with Crippen LogP contribution in [0.2, 0.25) is 0 Å². The van der Waals surface area contributed by atoms with E-state index in [9.17, 15) is 23.1 Å². The minimum Gasteiger partial charge on any atom is -0.493 e. The van der Waals surface area contributed by atoms with Crippen LogP contribution < -0.4 is 9.47 Å². The van der Waals surface area contributed by atoms with Gasteiger partial charge in [0.25, 0.3) is 0 Å². The molecule has 0 unspecified atom stereocenters. The highest BCUT2D eigenvalue weighted by Gasteiger charge is 2.73. The summed E-state index contributed by atoms with van der Waals surface area (Å²) in [7, 11) is 3.36. The SMILES string of the molecule is COc1ccc2c3c1O[C@H]1[C@@H](N(C)C(=O)C=Cc4ccc(C(F)(F)F)cc4)CC[C@@]4(O)[C@@H](C2)N(CCc2ccccc2)CC[C@]314. The molecule has 3 aromatic rings. The molecule has 0 radical (unpaired) electrons. The maximum Gasteiger partial charge on any atom is 0.416 e. The number of methoxy groups -OCH3 is 1. The number of carbonyl (C=O) groups is 1. The first-order valence-electron chi connectivity index (χ1n) is 15.6. The van der Waals surface area contributed by atoms with Crippen LogP contribution in [0.25, 0.3) is 6.08 Å². The Morgan fingerprint density at radius 1 is 1.11 bits per heavy atom. The van der Waals surface area contributed by atoms with Gasteiger partial charge in [0.2, 0.25) is 5.91 Å². The molecule has 6 nitrogen and oxygen atoms in total. The number of nitrogens with zero attached hydrogens (tertiary/aromatic N) is 2. The van der Waals surface area contributed by atoms with Crippen LogP contribution in [0, 0.1) is 0 Å². The van der Waals surface area contributed by atoms with Gasteiger partial charge in [0, 0.05) is 31.3 Å². The smallest absolute Gasteiger partial charge is 0.416 e. The third-order valence-corrected chi connectivity index (χ3v) is 10.8. The zero-order valence-electron chi connectivity index (χ0n) is 25.4. The number of halogens is 3. The van der Waals surface area contributed by atoms with E-state index in [-0.39, 0.29) is 18.0 Å². The fraction of sp³-hybridized carbons (Fsp3) is 0.417. The van der Waals surface area contributed by atoms with Gasteiger partial charge in [-0.25, -0.2) is 0 Å². The molecule has 2 heterocycles. The van der Waals surface area contributed by atoms with Gasteiger partial charge >= 0.3 is 6.18 Å². The van der Waals surface area contributed by atoms with E-state index in [1.165, 1.54) is 29.8 Å². The van der Waals surface area contributed by atoms with Crippen LogP contribution in [0.1, 0.15) is 47.1 Å². The lowest BCUT2D eigenvalue weighted by atomic mass is 9.48. The predicted octanol–water partition coefficient (Wildman–Crippen LogP) is 5.65. The Bertz CT molecular complexity index is 1630. The molecule has 1 saturated heterocycles. The van der Waals surface area contributed by atoms with Gasteiger partial charge in [-0.3, -0.25) is 9.69 Å². The van der Waals surface area contributed by atoms with Gasteiger partial charge in [0.1, 0.15) is 6.10 Å². The number of alkyl halides is 3. The van der Waals surface area contributed by atoms with Crippen molar-refractivity contribution in [3.05, 3.63) is 101 Å². The Morgan fingerprint density at radius 3 is 2.58 bits per heavy atom. The lowest BCUT2D eigenvalue weighted by Gasteiger charge is -2.64. The van der Waals surface area contributed by atoms with Crippen LogP contribution in [0.5, 0.6) is 11.5 Å². The van der Waals surface area contributed by atoms with Crippen molar-refractivity contribution in [2.24, 2.45) is 0 Å². The summed E-state index contributed by atoms with van der Waals surface area (Å²) in [5.41, 5.74) is 1.47. The first-order chi connectivity index (χ1) is 21.6. The Balaban J connectivity index is 1.18. The van der Waals surface area contributed by atoms with Gasteiger partial charge in [-0.05, 0) is 79.6 Å². The molecule has 1 N–H and O–H groups in total. The van der Waals surface area contributed by atoms with Gasteiger partial charge < -0.3 is 19.5 Å². The van der Waals surface area contributed by atoms with E-state index in [1.54, 1.807) is 19.1 Å². The number of benzene rings is 3. The summed E-state index contributed by atoms with van der Waals surface area (Å²) in [6, 6.07) is 18.8. The maximum atomic E-state index is 13.5. The Kier molecular flexibility index (Phi) is 7.24. The summed E-state index contributed by atoms with van der Waals surface area (Å²) in [5, 5.41) is 12.9. The molecule has 2 aliphatic carbocycles. The van der Waals surface area contributed by atoms with Crippen LogP contribution in [-0.2, 0) is 29.2 Å². The van der Waals surface area contributed by atoms with E-state index in [2.05, 4.69) is 35.2 Å². The van der Waals surface area contributed by atoms with Crippen molar-refractivity contribution in [3.63, 3.8) is 0 Å². The van der Waals surface area contributed by atoms with Crippen molar-refractivity contribution < 1.29 is 32.5 Å². The molecule has 5 atom stereocenters. The average Bonchev–Trinajstić information content (AvgIpc) is 3.39. The Labute approximate surface area is 261 Å². The first kappa shape index (κ1) is 29.9. The number of amides is 1. The summed E-state index contributed by atoms with van der Waals surface area (Å²) in [6.45, 7) is 1.64. The zero-order chi connectivity index (χ0) is 31.6. The van der Waals surface area contributed by atoms with Crippen LogP contribution in [-0.4, -0.2) is 71.8 Å². The molecule has 2 fully saturated rings. The predicted molar refractivity (Wildman–Crippen MR) is 164 cm³/mol. The van der Waals surface area contributed by atoms with E-state index < -0.39 is 28.9 Å². The highest BCUT2D eigenvalue weighted by molar-refractivity contribution is 5.92. The summed E-state index contributed by atoms with van der Waals surface area (Å²) in [5.74, 6) is 1.02. The second kappa shape index (κ2) is 10.9. The Morgan fingerprint density at radius 2 is 1.87 bits per heavy atom. The van der Waals surface area contributed by atoms with Crippen molar-refractivity contribution in [1.29, 1.82) is 0 Å². The number of hydrogen-bond acceptors (Lipinski definition) is 5. The van der Waals surface area contributed by atoms with Crippen molar-refractivity contribution in [1.82, 2.24) is 9.80 Å². The molecule has 1 amide bonds. The minimum absolute atomic E-state index is 0.0885. The lowest BCUT2D eigenvalue weighted by molar-refractivity contribution is -0.199. The topological polar surface area (TPSA) is 62.2 Å². The van der Waals surface area contributed by atoms with Crippen LogP contribution in [0.15, 0.2) is 72.8 Å². The number of carbonyl (C=O) groups excluding carboxylic acids is 1. The molecule has 0 aromatic heterocycles. The molecule has 2 bridgehead atoms. The molecule has 1 saturated carbocycles. The van der Waals surface area contributed by atoms with Crippen LogP contribution in [0.4, 0.5) is 13.2 Å². The molecule has 3 aromatic carbocycles. The van der Waals surface area contributed by atoms with E-state index in [4.69, 9.17) is 9.47 Å². The fourth-order valence-corrected chi connectivity index (χ4v) is 8.57. The van der Waals surface area contributed by atoms with Gasteiger partial charge in [0.15, 0.2) is 11.5 Å². The summed E-state index contributed by atoms with van der Waals surface area (Å²) in [4.78, 5) is 17.6. The number of hydrogen-bond donors (Lipinski definition) is 1. The van der Waals surface area contributed by atoms with Gasteiger partial charge in [-0.15, -0.1) is 0 Å². The van der Waals surface area contributed by atoms with Crippen molar-refractivity contribution in [2.75, 3.05) is 27.2 Å². The molecule has 2 aliphatic heterocycles. The molecule has 45 heavy (non-hydrogen) atoms. The molecule has 4 aliphatic rings. The Hall–Kier alpha value is -3.82. The summed E-state index contributed by atoms with van der Waals surface area (Å²) < 4.78 is 51.5. The van der Waals surface area contributed by atoms with E-state index in [0.717, 1.165) is 42.8 Å². The second-order valence-corrected chi connectivity index (χ2v) is 12.8.